The van der Waals surface area contributed by atoms with Gasteiger partial charge in [-0.3, -0.25) is 0 Å². The molecule has 1 aromatic rings. The normalized spacial score (nSPS) is 13.8. The Labute approximate surface area is 79.6 Å². The third-order valence-electron chi connectivity index (χ3n) is 1.65. The quantitative estimate of drug-likeness (QED) is 0.673. The second kappa shape index (κ2) is 4.00. The minimum absolute atomic E-state index is 0.722. The zero-order valence-corrected chi connectivity index (χ0v) is 9.09. The molecule has 4 nitrogen and oxygen atoms in total. The predicted molar refractivity (Wildman–Crippen MR) is 50.4 cm³/mol. The molecule has 1 aromatic carbocycles. The van der Waals surface area contributed by atoms with Gasteiger partial charge in [-0.1, -0.05) is 0 Å². The van der Waals surface area contributed by atoms with E-state index < -0.39 is 19.0 Å². The first-order chi connectivity index (χ1) is 6.00. The fourth-order valence-electron chi connectivity index (χ4n) is 0.860. The minimum atomic E-state index is -4.63. The Morgan fingerprint density at radius 3 is 2.31 bits per heavy atom. The monoisotopic (exact) mass is 245 g/mol. The summed E-state index contributed by atoms with van der Waals surface area (Å²) in [4.78, 5) is -0.791. The Bertz CT molecular complexity index is 308. The van der Waals surface area contributed by atoms with E-state index in [4.69, 9.17) is 8.19 Å². The fraction of sp³-hybridized carbons (Fsp3) is 0.250. The van der Waals surface area contributed by atoms with E-state index >= 15 is 0 Å². The van der Waals surface area contributed by atoms with Crippen molar-refractivity contribution in [1.82, 2.24) is 0 Å². The van der Waals surface area contributed by atoms with Crippen molar-refractivity contribution in [3.63, 3.8) is 0 Å². The van der Waals surface area contributed by atoms with Gasteiger partial charge in [-0.2, -0.15) is 0 Å². The number of benzene rings is 1. The van der Waals surface area contributed by atoms with E-state index in [1.165, 1.54) is 6.92 Å². The van der Waals surface area contributed by atoms with Gasteiger partial charge in [0.25, 0.3) is 0 Å². The molecule has 3 N–H and O–H groups in total. The van der Waals surface area contributed by atoms with Crippen LogP contribution in [0.15, 0.2) is 30.3 Å². The molecule has 0 amide bonds. The molecule has 0 heterocycles. The van der Waals surface area contributed by atoms with Crippen LogP contribution in [0.5, 0.6) is 0 Å². The van der Waals surface area contributed by atoms with Gasteiger partial charge in [0.05, 0.1) is 0 Å². The Morgan fingerprint density at radius 1 is 1.31 bits per heavy atom. The summed E-state index contributed by atoms with van der Waals surface area (Å²) in [6, 6.07) is 8.99. The first kappa shape index (κ1) is 10.4. The number of hydrogen-bond donors (Lipinski definition) is 3. The standard InChI is InChI=1S/C8H12AsNO3/c1-7(9(11,12)13)10-8-5-3-2-4-6-8/h2-7,10H,1H3,(H2,11,12,13). The first-order valence-corrected chi connectivity index (χ1v) is 7.40. The number of anilines is 1. The molecular weight excluding hydrogens is 233 g/mol. The molecule has 0 spiro atoms. The van der Waals surface area contributed by atoms with Gasteiger partial charge in [-0.05, 0) is 0 Å². The summed E-state index contributed by atoms with van der Waals surface area (Å²) in [6.45, 7) is 1.48. The Balaban J connectivity index is 2.66. The summed E-state index contributed by atoms with van der Waals surface area (Å²) in [5.74, 6) is 0. The third-order valence-corrected chi connectivity index (χ3v) is 4.04. The summed E-state index contributed by atoms with van der Waals surface area (Å²) in [6.07, 6.45) is 0. The maximum atomic E-state index is 10.8. The molecule has 5 heteroatoms. The Hall–Kier alpha value is -0.702. The van der Waals surface area contributed by atoms with Gasteiger partial charge in [0.2, 0.25) is 0 Å². The number of nitrogens with one attached hydrogen (secondary N) is 1. The second-order valence-electron chi connectivity index (χ2n) is 2.78. The molecule has 0 bridgehead atoms. The zero-order chi connectivity index (χ0) is 9.90. The summed E-state index contributed by atoms with van der Waals surface area (Å²) >= 11 is -4.63. The van der Waals surface area contributed by atoms with Crippen LogP contribution in [-0.2, 0) is 3.74 Å². The summed E-state index contributed by atoms with van der Waals surface area (Å²) in [5.41, 5.74) is 0.722. The van der Waals surface area contributed by atoms with E-state index in [0.29, 0.717) is 0 Å². The SMILES string of the molecule is CC(Nc1ccccc1)[As](=O)(O)O. The predicted octanol–water partition coefficient (Wildman–Crippen LogP) is 0.380. The fourth-order valence-corrected chi connectivity index (χ4v) is 1.53. The van der Waals surface area contributed by atoms with Crippen LogP contribution >= 0.6 is 0 Å². The van der Waals surface area contributed by atoms with Crippen LogP contribution in [-0.4, -0.2) is 27.2 Å². The van der Waals surface area contributed by atoms with Crippen molar-refractivity contribution < 1.29 is 11.9 Å². The van der Waals surface area contributed by atoms with Gasteiger partial charge in [0.1, 0.15) is 0 Å². The van der Waals surface area contributed by atoms with Crippen molar-refractivity contribution in [2.45, 2.75) is 11.8 Å². The van der Waals surface area contributed by atoms with E-state index in [1.807, 2.05) is 18.2 Å². The number of rotatable bonds is 3. The Kier molecular flexibility index (Phi) is 3.20. The van der Waals surface area contributed by atoms with Crippen molar-refractivity contribution in [2.75, 3.05) is 5.32 Å². The maximum absolute atomic E-state index is 10.8. The van der Waals surface area contributed by atoms with Gasteiger partial charge in [-0.15, -0.1) is 0 Å². The molecule has 0 saturated carbocycles. The molecule has 1 rings (SSSR count). The molecule has 0 saturated heterocycles. The van der Waals surface area contributed by atoms with Crippen molar-refractivity contribution >= 4 is 19.9 Å². The molecule has 13 heavy (non-hydrogen) atoms. The summed E-state index contributed by atoms with van der Waals surface area (Å²) in [7, 11) is 0. The van der Waals surface area contributed by atoms with E-state index in [9.17, 15) is 3.74 Å². The summed E-state index contributed by atoms with van der Waals surface area (Å²) in [5, 5.41) is 2.75. The van der Waals surface area contributed by atoms with Crippen LogP contribution in [0.3, 0.4) is 0 Å². The van der Waals surface area contributed by atoms with Crippen molar-refractivity contribution in [1.29, 1.82) is 0 Å². The molecule has 0 aliphatic carbocycles. The van der Waals surface area contributed by atoms with Crippen LogP contribution in [0.25, 0.3) is 0 Å². The van der Waals surface area contributed by atoms with Gasteiger partial charge < -0.3 is 0 Å². The molecule has 0 aromatic heterocycles. The van der Waals surface area contributed by atoms with Gasteiger partial charge >= 0.3 is 79.2 Å². The number of hydrogen-bond acceptors (Lipinski definition) is 2. The molecular formula is C8H12AsNO3. The first-order valence-electron chi connectivity index (χ1n) is 3.87. The topological polar surface area (TPSA) is 69.6 Å². The van der Waals surface area contributed by atoms with Crippen LogP contribution in [0, 0.1) is 0 Å². The van der Waals surface area contributed by atoms with Crippen molar-refractivity contribution in [3.05, 3.63) is 30.3 Å². The van der Waals surface area contributed by atoms with Crippen LogP contribution in [0.4, 0.5) is 5.69 Å². The number of para-hydroxylation sites is 1. The molecule has 1 atom stereocenters. The van der Waals surface area contributed by atoms with Crippen LogP contribution < -0.4 is 5.32 Å². The van der Waals surface area contributed by atoms with Gasteiger partial charge in [0, 0.05) is 0 Å². The second-order valence-corrected chi connectivity index (χ2v) is 6.87. The Morgan fingerprint density at radius 2 is 1.85 bits per heavy atom. The molecule has 0 aliphatic heterocycles. The van der Waals surface area contributed by atoms with Crippen LogP contribution in [0.2, 0.25) is 0 Å². The van der Waals surface area contributed by atoms with Gasteiger partial charge in [-0.25, -0.2) is 0 Å². The molecule has 72 valence electrons. The third kappa shape index (κ3) is 3.26. The van der Waals surface area contributed by atoms with E-state index in [0.717, 1.165) is 5.69 Å². The summed E-state index contributed by atoms with van der Waals surface area (Å²) < 4.78 is 28.5. The van der Waals surface area contributed by atoms with E-state index in [1.54, 1.807) is 12.1 Å². The van der Waals surface area contributed by atoms with Gasteiger partial charge in [0.15, 0.2) is 0 Å². The van der Waals surface area contributed by atoms with E-state index in [-0.39, 0.29) is 0 Å². The van der Waals surface area contributed by atoms with Crippen molar-refractivity contribution in [2.24, 2.45) is 0 Å². The van der Waals surface area contributed by atoms with Crippen LogP contribution in [0.1, 0.15) is 6.92 Å². The average Bonchev–Trinajstić information content (AvgIpc) is 2.04. The molecule has 1 unspecified atom stereocenters. The molecule has 0 radical (unpaired) electrons. The average molecular weight is 245 g/mol. The molecule has 0 aliphatic rings. The zero-order valence-electron chi connectivity index (χ0n) is 7.21. The molecule has 0 fully saturated rings. The van der Waals surface area contributed by atoms with Crippen molar-refractivity contribution in [3.8, 4) is 0 Å². The van der Waals surface area contributed by atoms with E-state index in [2.05, 4.69) is 5.32 Å².